The maximum atomic E-state index is 9.97. The predicted molar refractivity (Wildman–Crippen MR) is 38.2 cm³/mol. The van der Waals surface area contributed by atoms with Crippen molar-refractivity contribution in [3.63, 3.8) is 0 Å². The van der Waals surface area contributed by atoms with E-state index in [1.807, 2.05) is 0 Å². The predicted octanol–water partition coefficient (Wildman–Crippen LogP) is -1.43. The van der Waals surface area contributed by atoms with E-state index in [0.717, 1.165) is 18.8 Å². The Labute approximate surface area is 86.5 Å². The molecule has 0 saturated carbocycles. The molecule has 0 aromatic rings. The Kier molecular flexibility index (Phi) is 13.5. The molecule has 0 aliphatic rings. The molecular formula is C8H17NaO. The molecule has 1 nitrogen and oxygen atoms in total. The van der Waals surface area contributed by atoms with Gasteiger partial charge in [-0.3, -0.25) is 0 Å². The smallest absolute Gasteiger partial charge is 0.854 e. The van der Waals surface area contributed by atoms with Crippen LogP contribution in [0.4, 0.5) is 0 Å². The van der Waals surface area contributed by atoms with Gasteiger partial charge in [0, 0.05) is 0 Å². The standard InChI is InChI=1S/C8H17O.Na/c1-8(2)6-4-3-5-7-9;/h8H,3-7H2,1-2H3;/q-1;+1. The molecule has 2 heteroatoms. The zero-order valence-corrected chi connectivity index (χ0v) is 9.52. The Balaban J connectivity index is 0. The summed E-state index contributed by atoms with van der Waals surface area (Å²) in [6, 6.07) is 0. The Morgan fingerprint density at radius 3 is 2.10 bits per heavy atom. The van der Waals surface area contributed by atoms with Gasteiger partial charge in [0.15, 0.2) is 0 Å². The molecule has 10 heavy (non-hydrogen) atoms. The maximum Gasteiger partial charge on any atom is 1.00 e. The average Bonchev–Trinajstić information content (AvgIpc) is 1.80. The fourth-order valence-electron chi connectivity index (χ4n) is 0.831. The van der Waals surface area contributed by atoms with Crippen LogP contribution in [0.15, 0.2) is 0 Å². The van der Waals surface area contributed by atoms with Crippen molar-refractivity contribution in [2.24, 2.45) is 5.92 Å². The Bertz CT molecular complexity index is 55.2. The maximum absolute atomic E-state index is 9.97. The van der Waals surface area contributed by atoms with Crippen LogP contribution in [0.25, 0.3) is 0 Å². The summed E-state index contributed by atoms with van der Waals surface area (Å²) in [5.41, 5.74) is 0. The average molecular weight is 152 g/mol. The summed E-state index contributed by atoms with van der Waals surface area (Å²) < 4.78 is 0. The molecule has 0 aromatic carbocycles. The van der Waals surface area contributed by atoms with Crippen molar-refractivity contribution in [1.82, 2.24) is 0 Å². The number of hydrogen-bond acceptors (Lipinski definition) is 1. The van der Waals surface area contributed by atoms with Crippen LogP contribution >= 0.6 is 0 Å². The van der Waals surface area contributed by atoms with Gasteiger partial charge >= 0.3 is 29.6 Å². The summed E-state index contributed by atoms with van der Waals surface area (Å²) in [5, 5.41) is 9.97. The Morgan fingerprint density at radius 2 is 1.70 bits per heavy atom. The molecule has 0 heterocycles. The van der Waals surface area contributed by atoms with E-state index >= 15 is 0 Å². The third kappa shape index (κ3) is 11.7. The second-order valence-corrected chi connectivity index (χ2v) is 2.95. The first-order chi connectivity index (χ1) is 4.27. The molecule has 0 saturated heterocycles. The first kappa shape index (κ1) is 13.5. The normalized spacial score (nSPS) is 9.60. The SMILES string of the molecule is CC(C)CCCCC[O-].[Na+]. The van der Waals surface area contributed by atoms with E-state index in [-0.39, 0.29) is 36.2 Å². The van der Waals surface area contributed by atoms with Crippen molar-refractivity contribution in [1.29, 1.82) is 0 Å². The summed E-state index contributed by atoms with van der Waals surface area (Å²) >= 11 is 0. The zero-order chi connectivity index (χ0) is 7.11. The summed E-state index contributed by atoms with van der Waals surface area (Å²) in [6.45, 7) is 4.55. The third-order valence-electron chi connectivity index (χ3n) is 1.43. The van der Waals surface area contributed by atoms with Gasteiger partial charge in [-0.05, 0) is 5.92 Å². The summed E-state index contributed by atoms with van der Waals surface area (Å²) in [7, 11) is 0. The summed E-state index contributed by atoms with van der Waals surface area (Å²) in [5.74, 6) is 0.802. The van der Waals surface area contributed by atoms with Crippen LogP contribution in [-0.4, -0.2) is 6.61 Å². The molecule has 0 rings (SSSR count). The monoisotopic (exact) mass is 152 g/mol. The molecule has 0 spiro atoms. The molecule has 0 bridgehead atoms. The molecule has 0 atom stereocenters. The number of hydrogen-bond donors (Lipinski definition) is 0. The van der Waals surface area contributed by atoms with Gasteiger partial charge in [0.1, 0.15) is 0 Å². The molecule has 0 N–H and O–H groups in total. The van der Waals surface area contributed by atoms with Crippen molar-refractivity contribution in [3.8, 4) is 0 Å². The molecule has 56 valence electrons. The minimum Gasteiger partial charge on any atom is -0.854 e. The van der Waals surface area contributed by atoms with E-state index in [0.29, 0.717) is 0 Å². The molecule has 0 aliphatic carbocycles. The fourth-order valence-corrected chi connectivity index (χ4v) is 0.831. The zero-order valence-electron chi connectivity index (χ0n) is 7.52. The molecule has 0 fully saturated rings. The van der Waals surface area contributed by atoms with E-state index in [2.05, 4.69) is 13.8 Å². The van der Waals surface area contributed by atoms with Gasteiger partial charge in [0.2, 0.25) is 0 Å². The van der Waals surface area contributed by atoms with Gasteiger partial charge in [-0.25, -0.2) is 0 Å². The fraction of sp³-hybridized carbons (Fsp3) is 1.00. The van der Waals surface area contributed by atoms with Crippen LogP contribution in [0.3, 0.4) is 0 Å². The van der Waals surface area contributed by atoms with E-state index in [1.54, 1.807) is 0 Å². The van der Waals surface area contributed by atoms with Gasteiger partial charge in [-0.15, -0.1) is 6.61 Å². The van der Waals surface area contributed by atoms with Crippen LogP contribution < -0.4 is 34.7 Å². The minimum atomic E-state index is 0. The van der Waals surface area contributed by atoms with Crippen molar-refractivity contribution in [2.45, 2.75) is 39.5 Å². The molecular weight excluding hydrogens is 135 g/mol. The largest absolute Gasteiger partial charge is 1.00 e. The van der Waals surface area contributed by atoms with Crippen molar-refractivity contribution >= 4 is 0 Å². The van der Waals surface area contributed by atoms with Gasteiger partial charge in [0.05, 0.1) is 0 Å². The molecule has 0 amide bonds. The molecule has 0 aliphatic heterocycles. The van der Waals surface area contributed by atoms with E-state index in [9.17, 15) is 5.11 Å². The van der Waals surface area contributed by atoms with Gasteiger partial charge in [0.25, 0.3) is 0 Å². The second kappa shape index (κ2) is 9.96. The number of unbranched alkanes of at least 4 members (excludes halogenated alkanes) is 2. The quantitative estimate of drug-likeness (QED) is 0.350. The van der Waals surface area contributed by atoms with Crippen LogP contribution in [0, 0.1) is 5.92 Å². The van der Waals surface area contributed by atoms with Gasteiger partial charge in [-0.2, -0.15) is 0 Å². The van der Waals surface area contributed by atoms with Crippen LogP contribution in [-0.2, 0) is 0 Å². The van der Waals surface area contributed by atoms with E-state index < -0.39 is 0 Å². The molecule has 0 radical (unpaired) electrons. The van der Waals surface area contributed by atoms with Crippen LogP contribution in [0.1, 0.15) is 39.5 Å². The molecule has 0 unspecified atom stereocenters. The first-order valence-corrected chi connectivity index (χ1v) is 3.85. The summed E-state index contributed by atoms with van der Waals surface area (Å²) in [4.78, 5) is 0. The van der Waals surface area contributed by atoms with Crippen LogP contribution in [0.5, 0.6) is 0 Å². The van der Waals surface area contributed by atoms with Crippen molar-refractivity contribution in [2.75, 3.05) is 6.61 Å². The minimum absolute atomic E-state index is 0. The van der Waals surface area contributed by atoms with E-state index in [4.69, 9.17) is 0 Å². The van der Waals surface area contributed by atoms with Crippen molar-refractivity contribution < 1.29 is 34.7 Å². The van der Waals surface area contributed by atoms with Crippen molar-refractivity contribution in [3.05, 3.63) is 0 Å². The topological polar surface area (TPSA) is 23.1 Å². The third-order valence-corrected chi connectivity index (χ3v) is 1.43. The van der Waals surface area contributed by atoms with Gasteiger partial charge in [-0.1, -0.05) is 39.5 Å². The number of rotatable bonds is 5. The summed E-state index contributed by atoms with van der Waals surface area (Å²) in [6.07, 6.45) is 4.51. The second-order valence-electron chi connectivity index (χ2n) is 2.95. The van der Waals surface area contributed by atoms with Crippen LogP contribution in [0.2, 0.25) is 0 Å². The Morgan fingerprint density at radius 1 is 1.10 bits per heavy atom. The van der Waals surface area contributed by atoms with Gasteiger partial charge < -0.3 is 5.11 Å². The Hall–Kier alpha value is 0.960. The van der Waals surface area contributed by atoms with E-state index in [1.165, 1.54) is 12.8 Å². The molecule has 0 aromatic heterocycles. The first-order valence-electron chi connectivity index (χ1n) is 3.85.